The topological polar surface area (TPSA) is 49.7 Å². The van der Waals surface area contributed by atoms with Gasteiger partial charge in [-0.3, -0.25) is 0 Å². The van der Waals surface area contributed by atoms with Gasteiger partial charge in [0, 0.05) is 17.0 Å². The van der Waals surface area contributed by atoms with Crippen LogP contribution >= 0.6 is 15.9 Å². The van der Waals surface area contributed by atoms with Gasteiger partial charge >= 0.3 is 0 Å². The fourth-order valence-electron chi connectivity index (χ4n) is 1.06. The SMILES string of the molecule is COc1cc(O)ccc1C(O)CBr. The van der Waals surface area contributed by atoms with Crippen molar-refractivity contribution in [2.75, 3.05) is 12.4 Å². The van der Waals surface area contributed by atoms with Crippen LogP contribution in [0, 0.1) is 0 Å². The van der Waals surface area contributed by atoms with Crippen molar-refractivity contribution in [1.29, 1.82) is 0 Å². The maximum absolute atomic E-state index is 9.52. The summed E-state index contributed by atoms with van der Waals surface area (Å²) in [6.45, 7) is 0. The Morgan fingerprint density at radius 1 is 1.54 bits per heavy atom. The third kappa shape index (κ3) is 2.35. The summed E-state index contributed by atoms with van der Waals surface area (Å²) >= 11 is 3.17. The number of alkyl halides is 1. The first-order chi connectivity index (χ1) is 6.19. The quantitative estimate of drug-likeness (QED) is 0.801. The first-order valence-electron chi connectivity index (χ1n) is 3.80. The highest BCUT2D eigenvalue weighted by Crippen LogP contribution is 2.29. The van der Waals surface area contributed by atoms with Crippen LogP contribution < -0.4 is 4.74 Å². The molecule has 0 aliphatic heterocycles. The minimum Gasteiger partial charge on any atom is -0.508 e. The number of ether oxygens (including phenoxy) is 1. The van der Waals surface area contributed by atoms with Crippen molar-refractivity contribution in [3.05, 3.63) is 23.8 Å². The molecule has 0 saturated carbocycles. The molecule has 4 heteroatoms. The van der Waals surface area contributed by atoms with Crippen LogP contribution in [0.1, 0.15) is 11.7 Å². The predicted octanol–water partition coefficient (Wildman–Crippen LogP) is 1.83. The van der Waals surface area contributed by atoms with Crippen LogP contribution in [-0.4, -0.2) is 22.7 Å². The second kappa shape index (κ2) is 4.48. The summed E-state index contributed by atoms with van der Waals surface area (Å²) < 4.78 is 5.01. The Balaban J connectivity index is 3.05. The molecule has 1 unspecified atom stereocenters. The number of hydrogen-bond acceptors (Lipinski definition) is 3. The summed E-state index contributed by atoms with van der Waals surface area (Å²) in [5.74, 6) is 0.620. The molecular weight excluding hydrogens is 236 g/mol. The number of methoxy groups -OCH3 is 1. The average Bonchev–Trinajstić information content (AvgIpc) is 2.16. The van der Waals surface area contributed by atoms with Gasteiger partial charge in [-0.25, -0.2) is 0 Å². The third-order valence-corrected chi connectivity index (χ3v) is 2.34. The number of aliphatic hydroxyl groups excluding tert-OH is 1. The zero-order valence-electron chi connectivity index (χ0n) is 7.20. The number of halogens is 1. The fraction of sp³-hybridized carbons (Fsp3) is 0.333. The summed E-state index contributed by atoms with van der Waals surface area (Å²) in [7, 11) is 1.50. The molecule has 1 aromatic carbocycles. The second-order valence-corrected chi connectivity index (χ2v) is 3.24. The molecule has 0 fully saturated rings. The highest BCUT2D eigenvalue weighted by Gasteiger charge is 2.11. The molecule has 13 heavy (non-hydrogen) atoms. The Morgan fingerprint density at radius 3 is 2.77 bits per heavy atom. The van der Waals surface area contributed by atoms with Crippen LogP contribution in [0.5, 0.6) is 11.5 Å². The minimum absolute atomic E-state index is 0.127. The van der Waals surface area contributed by atoms with Crippen LogP contribution in [0.15, 0.2) is 18.2 Å². The maximum atomic E-state index is 9.52. The monoisotopic (exact) mass is 246 g/mol. The Labute approximate surface area is 85.1 Å². The smallest absolute Gasteiger partial charge is 0.128 e. The van der Waals surface area contributed by atoms with Gasteiger partial charge in [0.05, 0.1) is 13.2 Å². The van der Waals surface area contributed by atoms with Crippen molar-refractivity contribution in [2.45, 2.75) is 6.10 Å². The molecule has 0 bridgehead atoms. The van der Waals surface area contributed by atoms with Gasteiger partial charge in [0.1, 0.15) is 11.5 Å². The van der Waals surface area contributed by atoms with Crippen LogP contribution in [0.2, 0.25) is 0 Å². The van der Waals surface area contributed by atoms with Crippen LogP contribution in [0.3, 0.4) is 0 Å². The standard InChI is InChI=1S/C9H11BrO3/c1-13-9-4-6(11)2-3-7(9)8(12)5-10/h2-4,8,11-12H,5H2,1H3. The first kappa shape index (κ1) is 10.3. The molecule has 0 aliphatic carbocycles. The number of aromatic hydroxyl groups is 1. The summed E-state index contributed by atoms with van der Waals surface area (Å²) in [6, 6.07) is 4.63. The van der Waals surface area contributed by atoms with Crippen molar-refractivity contribution in [3.8, 4) is 11.5 Å². The van der Waals surface area contributed by atoms with Gasteiger partial charge in [-0.1, -0.05) is 15.9 Å². The molecule has 3 nitrogen and oxygen atoms in total. The van der Waals surface area contributed by atoms with E-state index in [0.717, 1.165) is 0 Å². The molecule has 2 N–H and O–H groups in total. The Bertz CT molecular complexity index is 288. The minimum atomic E-state index is -0.615. The molecule has 0 aromatic heterocycles. The molecule has 0 amide bonds. The van der Waals surface area contributed by atoms with E-state index in [4.69, 9.17) is 9.84 Å². The highest BCUT2D eigenvalue weighted by molar-refractivity contribution is 9.09. The molecule has 1 rings (SSSR count). The number of phenolic OH excluding ortho intramolecular Hbond substituents is 1. The van der Waals surface area contributed by atoms with E-state index in [9.17, 15) is 5.11 Å². The van der Waals surface area contributed by atoms with Crippen LogP contribution in [-0.2, 0) is 0 Å². The lowest BCUT2D eigenvalue weighted by Crippen LogP contribution is -2.01. The Morgan fingerprint density at radius 2 is 2.23 bits per heavy atom. The van der Waals surface area contributed by atoms with Gasteiger partial charge < -0.3 is 14.9 Å². The van der Waals surface area contributed by atoms with E-state index in [-0.39, 0.29) is 5.75 Å². The van der Waals surface area contributed by atoms with E-state index in [1.807, 2.05) is 0 Å². The molecule has 0 heterocycles. The lowest BCUT2D eigenvalue weighted by molar-refractivity contribution is 0.200. The highest BCUT2D eigenvalue weighted by atomic mass is 79.9. The van der Waals surface area contributed by atoms with Crippen LogP contribution in [0.4, 0.5) is 0 Å². The van der Waals surface area contributed by atoms with Gasteiger partial charge in [0.2, 0.25) is 0 Å². The molecule has 0 radical (unpaired) electrons. The number of phenols is 1. The number of benzene rings is 1. The molecule has 0 aliphatic rings. The maximum Gasteiger partial charge on any atom is 0.128 e. The zero-order valence-corrected chi connectivity index (χ0v) is 8.78. The van der Waals surface area contributed by atoms with Gasteiger partial charge in [-0.05, 0) is 12.1 Å². The summed E-state index contributed by atoms with van der Waals surface area (Å²) in [5, 5.41) is 19.1. The summed E-state index contributed by atoms with van der Waals surface area (Å²) in [5.41, 5.74) is 0.664. The van der Waals surface area contributed by atoms with E-state index in [0.29, 0.717) is 16.6 Å². The molecule has 72 valence electrons. The number of aliphatic hydroxyl groups is 1. The molecular formula is C9H11BrO3. The van der Waals surface area contributed by atoms with Gasteiger partial charge in [-0.15, -0.1) is 0 Å². The molecule has 1 aromatic rings. The summed E-state index contributed by atoms with van der Waals surface area (Å²) in [4.78, 5) is 0. The number of rotatable bonds is 3. The fourth-order valence-corrected chi connectivity index (χ4v) is 1.41. The number of hydrogen-bond donors (Lipinski definition) is 2. The zero-order chi connectivity index (χ0) is 9.84. The second-order valence-electron chi connectivity index (χ2n) is 2.60. The van der Waals surface area contributed by atoms with Crippen molar-refractivity contribution in [1.82, 2.24) is 0 Å². The molecule has 0 saturated heterocycles. The summed E-state index contributed by atoms with van der Waals surface area (Å²) in [6.07, 6.45) is -0.615. The predicted molar refractivity (Wildman–Crippen MR) is 53.4 cm³/mol. The first-order valence-corrected chi connectivity index (χ1v) is 4.92. The largest absolute Gasteiger partial charge is 0.508 e. The Hall–Kier alpha value is -0.740. The van der Waals surface area contributed by atoms with E-state index in [1.54, 1.807) is 6.07 Å². The van der Waals surface area contributed by atoms with Crippen LogP contribution in [0.25, 0.3) is 0 Å². The molecule has 0 spiro atoms. The third-order valence-electron chi connectivity index (χ3n) is 1.72. The Kier molecular flexibility index (Phi) is 3.57. The average molecular weight is 247 g/mol. The van der Waals surface area contributed by atoms with Gasteiger partial charge in [0.15, 0.2) is 0 Å². The van der Waals surface area contributed by atoms with E-state index < -0.39 is 6.10 Å². The van der Waals surface area contributed by atoms with Crippen molar-refractivity contribution in [2.24, 2.45) is 0 Å². The molecule has 1 atom stereocenters. The van der Waals surface area contributed by atoms with E-state index in [1.165, 1.54) is 19.2 Å². The van der Waals surface area contributed by atoms with Gasteiger partial charge in [-0.2, -0.15) is 0 Å². The van der Waals surface area contributed by atoms with E-state index >= 15 is 0 Å². The van der Waals surface area contributed by atoms with Crippen molar-refractivity contribution >= 4 is 15.9 Å². The van der Waals surface area contributed by atoms with Crippen molar-refractivity contribution in [3.63, 3.8) is 0 Å². The normalized spacial score (nSPS) is 12.5. The van der Waals surface area contributed by atoms with Crippen molar-refractivity contribution < 1.29 is 14.9 Å². The van der Waals surface area contributed by atoms with Gasteiger partial charge in [0.25, 0.3) is 0 Å². The van der Waals surface area contributed by atoms with E-state index in [2.05, 4.69) is 15.9 Å². The lowest BCUT2D eigenvalue weighted by atomic mass is 10.1. The lowest BCUT2D eigenvalue weighted by Gasteiger charge is -2.12.